The van der Waals surface area contributed by atoms with Gasteiger partial charge in [-0.05, 0) is 20.0 Å². The molecular weight excluding hydrogens is 224 g/mol. The maximum absolute atomic E-state index is 13.4. The Labute approximate surface area is 100 Å². The summed E-state index contributed by atoms with van der Waals surface area (Å²) in [6, 6.07) is 3.18. The molecule has 0 bridgehead atoms. The Bertz CT molecular complexity index is 406. The molecular formula is C13H17F2NO. The maximum atomic E-state index is 13.4. The second-order valence-electron chi connectivity index (χ2n) is 4.34. The largest absolute Gasteiger partial charge is 0.387 e. The fourth-order valence-corrected chi connectivity index (χ4v) is 1.69. The van der Waals surface area contributed by atoms with Gasteiger partial charge in [0.15, 0.2) is 0 Å². The zero-order chi connectivity index (χ0) is 13.0. The van der Waals surface area contributed by atoms with Crippen molar-refractivity contribution in [3.63, 3.8) is 0 Å². The Morgan fingerprint density at radius 1 is 1.47 bits per heavy atom. The summed E-state index contributed by atoms with van der Waals surface area (Å²) in [7, 11) is 1.80. The van der Waals surface area contributed by atoms with Crippen LogP contribution >= 0.6 is 0 Å². The van der Waals surface area contributed by atoms with Gasteiger partial charge in [0, 0.05) is 24.7 Å². The van der Waals surface area contributed by atoms with E-state index in [0.29, 0.717) is 6.54 Å². The van der Waals surface area contributed by atoms with Crippen LogP contribution in [0.15, 0.2) is 30.4 Å². The van der Waals surface area contributed by atoms with Crippen LogP contribution in [-0.2, 0) is 0 Å². The van der Waals surface area contributed by atoms with Gasteiger partial charge < -0.3 is 5.11 Å². The van der Waals surface area contributed by atoms with Crippen LogP contribution in [0.5, 0.6) is 0 Å². The molecule has 1 rings (SSSR count). The minimum absolute atomic E-state index is 0.111. The predicted octanol–water partition coefficient (Wildman–Crippen LogP) is 2.51. The number of aliphatic hydroxyl groups is 1. The molecule has 0 heterocycles. The third kappa shape index (κ3) is 4.24. The number of benzene rings is 1. The van der Waals surface area contributed by atoms with Gasteiger partial charge in [-0.15, -0.1) is 0 Å². The van der Waals surface area contributed by atoms with Crippen LogP contribution in [0, 0.1) is 11.6 Å². The van der Waals surface area contributed by atoms with Crippen molar-refractivity contribution in [1.82, 2.24) is 4.90 Å². The molecule has 1 N–H and O–H groups in total. The van der Waals surface area contributed by atoms with E-state index in [4.69, 9.17) is 0 Å². The lowest BCUT2D eigenvalue weighted by Gasteiger charge is -2.21. The van der Waals surface area contributed by atoms with Crippen LogP contribution in [0.25, 0.3) is 0 Å². The van der Waals surface area contributed by atoms with E-state index in [1.54, 1.807) is 7.05 Å². The molecule has 1 unspecified atom stereocenters. The number of likely N-dealkylation sites (N-methyl/N-ethyl adjacent to an activating group) is 1. The molecule has 0 radical (unpaired) electrons. The standard InChI is InChI=1S/C13H17F2NO/c1-9(2)7-16(3)8-13(17)11-5-4-10(14)6-12(11)15/h4-6,13,17H,1,7-8H2,2-3H3. The second-order valence-corrected chi connectivity index (χ2v) is 4.34. The Balaban J connectivity index is 2.69. The van der Waals surface area contributed by atoms with Crippen LogP contribution in [0.4, 0.5) is 8.78 Å². The van der Waals surface area contributed by atoms with Crippen LogP contribution in [0.1, 0.15) is 18.6 Å². The minimum Gasteiger partial charge on any atom is -0.387 e. The number of halogens is 2. The van der Waals surface area contributed by atoms with E-state index < -0.39 is 17.7 Å². The van der Waals surface area contributed by atoms with E-state index >= 15 is 0 Å². The highest BCUT2D eigenvalue weighted by molar-refractivity contribution is 5.21. The number of hydrogen-bond acceptors (Lipinski definition) is 2. The molecule has 0 fully saturated rings. The molecule has 0 aromatic heterocycles. The van der Waals surface area contributed by atoms with Crippen molar-refractivity contribution in [3.8, 4) is 0 Å². The summed E-state index contributed by atoms with van der Waals surface area (Å²) in [6.45, 7) is 6.53. The smallest absolute Gasteiger partial charge is 0.131 e. The van der Waals surface area contributed by atoms with Crippen LogP contribution in [0.3, 0.4) is 0 Å². The van der Waals surface area contributed by atoms with Crippen molar-refractivity contribution < 1.29 is 13.9 Å². The lowest BCUT2D eigenvalue weighted by molar-refractivity contribution is 0.127. The molecule has 17 heavy (non-hydrogen) atoms. The van der Waals surface area contributed by atoms with Gasteiger partial charge in [0.1, 0.15) is 11.6 Å². The number of rotatable bonds is 5. The number of aliphatic hydroxyl groups excluding tert-OH is 1. The summed E-state index contributed by atoms with van der Waals surface area (Å²) in [5, 5.41) is 9.84. The van der Waals surface area contributed by atoms with Crippen LogP contribution in [0.2, 0.25) is 0 Å². The fraction of sp³-hybridized carbons (Fsp3) is 0.385. The molecule has 1 aromatic carbocycles. The van der Waals surface area contributed by atoms with Crippen molar-refractivity contribution in [2.75, 3.05) is 20.1 Å². The molecule has 2 nitrogen and oxygen atoms in total. The zero-order valence-electron chi connectivity index (χ0n) is 10.1. The van der Waals surface area contributed by atoms with Crippen molar-refractivity contribution >= 4 is 0 Å². The molecule has 4 heteroatoms. The lowest BCUT2D eigenvalue weighted by Crippen LogP contribution is -2.26. The summed E-state index contributed by atoms with van der Waals surface area (Å²) in [5.41, 5.74) is 1.07. The van der Waals surface area contributed by atoms with E-state index in [-0.39, 0.29) is 12.1 Å². The quantitative estimate of drug-likeness (QED) is 0.801. The van der Waals surface area contributed by atoms with Crippen molar-refractivity contribution in [2.45, 2.75) is 13.0 Å². The highest BCUT2D eigenvalue weighted by Crippen LogP contribution is 2.18. The van der Waals surface area contributed by atoms with E-state index in [9.17, 15) is 13.9 Å². The van der Waals surface area contributed by atoms with Gasteiger partial charge in [-0.3, -0.25) is 4.90 Å². The fourth-order valence-electron chi connectivity index (χ4n) is 1.69. The van der Waals surface area contributed by atoms with Gasteiger partial charge in [0.25, 0.3) is 0 Å². The van der Waals surface area contributed by atoms with Crippen molar-refractivity contribution in [1.29, 1.82) is 0 Å². The number of nitrogens with zero attached hydrogens (tertiary/aromatic N) is 1. The van der Waals surface area contributed by atoms with Gasteiger partial charge in [0.2, 0.25) is 0 Å². The summed E-state index contributed by atoms with van der Waals surface area (Å²) in [5.74, 6) is -1.37. The van der Waals surface area contributed by atoms with Gasteiger partial charge >= 0.3 is 0 Å². The third-order valence-electron chi connectivity index (χ3n) is 2.35. The molecule has 0 aliphatic heterocycles. The average molecular weight is 241 g/mol. The summed E-state index contributed by atoms with van der Waals surface area (Å²) in [4.78, 5) is 1.83. The Morgan fingerprint density at radius 2 is 2.12 bits per heavy atom. The first-order valence-electron chi connectivity index (χ1n) is 5.36. The SMILES string of the molecule is C=C(C)CN(C)CC(O)c1ccc(F)cc1F. The first kappa shape index (κ1) is 13.8. The number of hydrogen-bond donors (Lipinski definition) is 1. The molecule has 0 amide bonds. The molecule has 94 valence electrons. The third-order valence-corrected chi connectivity index (χ3v) is 2.35. The molecule has 1 aromatic rings. The molecule has 0 aliphatic rings. The maximum Gasteiger partial charge on any atom is 0.131 e. The van der Waals surface area contributed by atoms with Crippen LogP contribution < -0.4 is 0 Å². The summed E-state index contributed by atoms with van der Waals surface area (Å²) >= 11 is 0. The molecule has 0 aliphatic carbocycles. The molecule has 0 saturated carbocycles. The topological polar surface area (TPSA) is 23.5 Å². The minimum atomic E-state index is -0.972. The second kappa shape index (κ2) is 5.89. The first-order valence-corrected chi connectivity index (χ1v) is 5.36. The van der Waals surface area contributed by atoms with E-state index in [2.05, 4.69) is 6.58 Å². The Hall–Kier alpha value is -1.26. The van der Waals surface area contributed by atoms with E-state index in [1.165, 1.54) is 6.07 Å². The van der Waals surface area contributed by atoms with Gasteiger partial charge in [-0.2, -0.15) is 0 Å². The van der Waals surface area contributed by atoms with Crippen LogP contribution in [-0.4, -0.2) is 30.1 Å². The van der Waals surface area contributed by atoms with Crippen molar-refractivity contribution in [2.24, 2.45) is 0 Å². The Morgan fingerprint density at radius 3 is 2.65 bits per heavy atom. The predicted molar refractivity (Wildman–Crippen MR) is 63.6 cm³/mol. The van der Waals surface area contributed by atoms with Gasteiger partial charge in [0.05, 0.1) is 6.10 Å². The van der Waals surface area contributed by atoms with Gasteiger partial charge in [-0.25, -0.2) is 8.78 Å². The highest BCUT2D eigenvalue weighted by atomic mass is 19.1. The van der Waals surface area contributed by atoms with Crippen molar-refractivity contribution in [3.05, 3.63) is 47.5 Å². The zero-order valence-corrected chi connectivity index (χ0v) is 10.1. The van der Waals surface area contributed by atoms with E-state index in [1.807, 2.05) is 11.8 Å². The molecule has 1 atom stereocenters. The van der Waals surface area contributed by atoms with Gasteiger partial charge in [-0.1, -0.05) is 18.2 Å². The molecule has 0 saturated heterocycles. The summed E-state index contributed by atoms with van der Waals surface area (Å²) < 4.78 is 26.1. The summed E-state index contributed by atoms with van der Waals surface area (Å²) in [6.07, 6.45) is -0.972. The lowest BCUT2D eigenvalue weighted by atomic mass is 10.1. The normalized spacial score (nSPS) is 12.8. The highest BCUT2D eigenvalue weighted by Gasteiger charge is 2.15. The van der Waals surface area contributed by atoms with E-state index in [0.717, 1.165) is 17.7 Å². The average Bonchev–Trinajstić information content (AvgIpc) is 2.15. The molecule has 0 spiro atoms. The monoisotopic (exact) mass is 241 g/mol. The Kier molecular flexibility index (Phi) is 4.78. The first-order chi connectivity index (χ1) is 7.90.